The Morgan fingerprint density at radius 3 is 2.50 bits per heavy atom. The number of rotatable bonds is 6. The van der Waals surface area contributed by atoms with Crippen molar-refractivity contribution in [3.05, 3.63) is 53.6 Å². The molecule has 0 unspecified atom stereocenters. The predicted molar refractivity (Wildman–Crippen MR) is 82.9 cm³/mol. The van der Waals surface area contributed by atoms with Gasteiger partial charge < -0.3 is 14.8 Å². The summed E-state index contributed by atoms with van der Waals surface area (Å²) < 4.78 is 11.1. The topological polar surface area (TPSA) is 30.5 Å². The fourth-order valence-corrected chi connectivity index (χ4v) is 2.01. The van der Waals surface area contributed by atoms with E-state index in [4.69, 9.17) is 9.47 Å². The third-order valence-electron chi connectivity index (χ3n) is 3.03. The summed E-state index contributed by atoms with van der Waals surface area (Å²) in [5.74, 6) is 1.56. The normalized spacial score (nSPS) is 10.2. The zero-order valence-corrected chi connectivity index (χ0v) is 12.3. The average molecular weight is 271 g/mol. The number of aryl methyl sites for hydroxylation is 2. The smallest absolute Gasteiger partial charge is 0.161 e. The van der Waals surface area contributed by atoms with Crippen LogP contribution in [0.15, 0.2) is 42.5 Å². The maximum absolute atomic E-state index is 5.75. The van der Waals surface area contributed by atoms with Gasteiger partial charge in [-0.1, -0.05) is 18.2 Å². The van der Waals surface area contributed by atoms with Crippen LogP contribution in [0.5, 0.6) is 11.5 Å². The van der Waals surface area contributed by atoms with Crippen LogP contribution in [0, 0.1) is 13.8 Å². The van der Waals surface area contributed by atoms with E-state index in [9.17, 15) is 0 Å². The minimum Gasteiger partial charge on any atom is -0.493 e. The Morgan fingerprint density at radius 1 is 0.950 bits per heavy atom. The first-order valence-electron chi connectivity index (χ1n) is 6.77. The van der Waals surface area contributed by atoms with E-state index in [0.717, 1.165) is 29.3 Å². The molecule has 2 aromatic rings. The Morgan fingerprint density at radius 2 is 1.75 bits per heavy atom. The summed E-state index contributed by atoms with van der Waals surface area (Å²) in [7, 11) is 1.66. The Labute approximate surface area is 120 Å². The molecule has 106 valence electrons. The molecule has 0 heterocycles. The molecular formula is C17H21NO2. The second-order valence-corrected chi connectivity index (χ2v) is 4.80. The summed E-state index contributed by atoms with van der Waals surface area (Å²) in [6.45, 7) is 5.46. The molecule has 0 bridgehead atoms. The molecule has 0 radical (unpaired) electrons. The lowest BCUT2D eigenvalue weighted by Crippen LogP contribution is -2.11. The number of benzene rings is 2. The molecular weight excluding hydrogens is 250 g/mol. The van der Waals surface area contributed by atoms with Gasteiger partial charge in [0.25, 0.3) is 0 Å². The van der Waals surface area contributed by atoms with Crippen LogP contribution in [0.4, 0.5) is 5.69 Å². The van der Waals surface area contributed by atoms with Gasteiger partial charge >= 0.3 is 0 Å². The van der Waals surface area contributed by atoms with Gasteiger partial charge in [-0.15, -0.1) is 0 Å². The van der Waals surface area contributed by atoms with E-state index in [2.05, 4.69) is 30.4 Å². The minimum absolute atomic E-state index is 0.591. The molecule has 20 heavy (non-hydrogen) atoms. The number of hydrogen-bond donors (Lipinski definition) is 1. The van der Waals surface area contributed by atoms with Gasteiger partial charge in [0, 0.05) is 12.2 Å². The van der Waals surface area contributed by atoms with E-state index < -0.39 is 0 Å². The molecule has 3 nitrogen and oxygen atoms in total. The average Bonchev–Trinajstić information content (AvgIpc) is 2.45. The van der Waals surface area contributed by atoms with E-state index in [1.165, 1.54) is 5.56 Å². The van der Waals surface area contributed by atoms with Gasteiger partial charge in [-0.25, -0.2) is 0 Å². The first-order valence-corrected chi connectivity index (χ1v) is 6.77. The van der Waals surface area contributed by atoms with Gasteiger partial charge in [0.1, 0.15) is 6.61 Å². The maximum Gasteiger partial charge on any atom is 0.161 e. The summed E-state index contributed by atoms with van der Waals surface area (Å²) >= 11 is 0. The Hall–Kier alpha value is -2.16. The van der Waals surface area contributed by atoms with Gasteiger partial charge in [0.15, 0.2) is 11.5 Å². The molecule has 0 aliphatic carbocycles. The molecule has 3 heteroatoms. The van der Waals surface area contributed by atoms with Crippen molar-refractivity contribution < 1.29 is 9.47 Å². The van der Waals surface area contributed by atoms with E-state index >= 15 is 0 Å². The lowest BCUT2D eigenvalue weighted by atomic mass is 10.2. The molecule has 0 aliphatic rings. The maximum atomic E-state index is 5.75. The highest BCUT2D eigenvalue weighted by atomic mass is 16.5. The van der Waals surface area contributed by atoms with Crippen LogP contribution in [0.3, 0.4) is 0 Å². The fourth-order valence-electron chi connectivity index (χ4n) is 2.01. The summed E-state index contributed by atoms with van der Waals surface area (Å²) in [6, 6.07) is 14.2. The van der Waals surface area contributed by atoms with E-state index in [1.54, 1.807) is 7.11 Å². The lowest BCUT2D eigenvalue weighted by Gasteiger charge is -2.12. The molecule has 0 aliphatic heterocycles. The molecule has 0 atom stereocenters. The highest BCUT2D eigenvalue weighted by Gasteiger charge is 2.03. The Kier molecular flexibility index (Phi) is 4.88. The van der Waals surface area contributed by atoms with Crippen molar-refractivity contribution in [1.82, 2.24) is 0 Å². The fraction of sp³-hybridized carbons (Fsp3) is 0.294. The largest absolute Gasteiger partial charge is 0.493 e. The first-order chi connectivity index (χ1) is 9.69. The van der Waals surface area contributed by atoms with Crippen molar-refractivity contribution in [1.29, 1.82) is 0 Å². The van der Waals surface area contributed by atoms with Crippen LogP contribution in [0.25, 0.3) is 0 Å². The van der Waals surface area contributed by atoms with Crippen molar-refractivity contribution in [2.45, 2.75) is 13.8 Å². The number of methoxy groups -OCH3 is 1. The van der Waals surface area contributed by atoms with Crippen LogP contribution in [0.1, 0.15) is 11.1 Å². The molecule has 0 amide bonds. The molecule has 0 spiro atoms. The van der Waals surface area contributed by atoms with Gasteiger partial charge in [0.2, 0.25) is 0 Å². The van der Waals surface area contributed by atoms with Gasteiger partial charge in [0.05, 0.1) is 7.11 Å². The number of ether oxygens (including phenoxy) is 2. The second-order valence-electron chi connectivity index (χ2n) is 4.80. The standard InChI is InChI=1S/C17H21NO2/c1-13-5-4-6-15(11-13)18-9-10-20-16-8-7-14(2)12-17(16)19-3/h4-8,11-12,18H,9-10H2,1-3H3. The van der Waals surface area contributed by atoms with E-state index in [-0.39, 0.29) is 0 Å². The quantitative estimate of drug-likeness (QED) is 0.811. The molecule has 0 saturated heterocycles. The van der Waals surface area contributed by atoms with E-state index in [1.807, 2.05) is 31.2 Å². The molecule has 0 fully saturated rings. The van der Waals surface area contributed by atoms with Crippen LogP contribution in [0.2, 0.25) is 0 Å². The Balaban J connectivity index is 1.84. The molecule has 2 aromatic carbocycles. The third kappa shape index (κ3) is 3.92. The third-order valence-corrected chi connectivity index (χ3v) is 3.03. The van der Waals surface area contributed by atoms with Crippen molar-refractivity contribution in [2.75, 3.05) is 25.6 Å². The van der Waals surface area contributed by atoms with Crippen LogP contribution in [-0.2, 0) is 0 Å². The summed E-state index contributed by atoms with van der Waals surface area (Å²) in [4.78, 5) is 0. The number of anilines is 1. The van der Waals surface area contributed by atoms with Crippen molar-refractivity contribution in [3.63, 3.8) is 0 Å². The van der Waals surface area contributed by atoms with Crippen LogP contribution >= 0.6 is 0 Å². The van der Waals surface area contributed by atoms with Crippen molar-refractivity contribution in [2.24, 2.45) is 0 Å². The Bertz CT molecular complexity index is 567. The molecule has 1 N–H and O–H groups in total. The second kappa shape index (κ2) is 6.85. The van der Waals surface area contributed by atoms with Crippen LogP contribution < -0.4 is 14.8 Å². The predicted octanol–water partition coefficient (Wildman–Crippen LogP) is 3.80. The van der Waals surface area contributed by atoms with Gasteiger partial charge in [-0.2, -0.15) is 0 Å². The zero-order chi connectivity index (χ0) is 14.4. The molecule has 2 rings (SSSR count). The minimum atomic E-state index is 0.591. The van der Waals surface area contributed by atoms with Crippen molar-refractivity contribution >= 4 is 5.69 Å². The van der Waals surface area contributed by atoms with Crippen LogP contribution in [-0.4, -0.2) is 20.3 Å². The summed E-state index contributed by atoms with van der Waals surface area (Å²) in [5.41, 5.74) is 3.52. The first kappa shape index (κ1) is 14.3. The number of nitrogens with one attached hydrogen (secondary N) is 1. The van der Waals surface area contributed by atoms with E-state index in [0.29, 0.717) is 6.61 Å². The SMILES string of the molecule is COc1cc(C)ccc1OCCNc1cccc(C)c1. The van der Waals surface area contributed by atoms with Gasteiger partial charge in [-0.05, 0) is 49.2 Å². The zero-order valence-electron chi connectivity index (χ0n) is 12.3. The summed E-state index contributed by atoms with van der Waals surface area (Å²) in [6.07, 6.45) is 0. The van der Waals surface area contributed by atoms with Crippen molar-refractivity contribution in [3.8, 4) is 11.5 Å². The number of hydrogen-bond acceptors (Lipinski definition) is 3. The molecule has 0 aromatic heterocycles. The lowest BCUT2D eigenvalue weighted by molar-refractivity contribution is 0.305. The highest BCUT2D eigenvalue weighted by Crippen LogP contribution is 2.27. The molecule has 0 saturated carbocycles. The summed E-state index contributed by atoms with van der Waals surface area (Å²) in [5, 5.41) is 3.34. The highest BCUT2D eigenvalue weighted by molar-refractivity contribution is 5.45. The van der Waals surface area contributed by atoms with Gasteiger partial charge in [-0.3, -0.25) is 0 Å². The monoisotopic (exact) mass is 271 g/mol.